The first-order chi connectivity index (χ1) is 14.3. The van der Waals surface area contributed by atoms with Gasteiger partial charge in [0.25, 0.3) is 0 Å². The van der Waals surface area contributed by atoms with Crippen LogP contribution >= 0.6 is 0 Å². The molecule has 0 aliphatic carbocycles. The zero-order chi connectivity index (χ0) is 20.8. The summed E-state index contributed by atoms with van der Waals surface area (Å²) in [7, 11) is 0. The van der Waals surface area contributed by atoms with Gasteiger partial charge in [-0.1, -0.05) is 89.4 Å². The summed E-state index contributed by atoms with van der Waals surface area (Å²) in [4.78, 5) is 15.7. The van der Waals surface area contributed by atoms with Gasteiger partial charge < -0.3 is 4.74 Å². The Kier molecular flexibility index (Phi) is 17.2. The molecule has 3 nitrogen and oxygen atoms in total. The normalized spacial score (nSPS) is 11.2. The maximum absolute atomic E-state index is 11.7. The monoisotopic (exact) mass is 401 g/mol. The quantitative estimate of drug-likeness (QED) is 0.134. The van der Waals surface area contributed by atoms with E-state index < -0.39 is 0 Å². The van der Waals surface area contributed by atoms with Crippen molar-refractivity contribution in [2.45, 2.75) is 116 Å². The van der Waals surface area contributed by atoms with Gasteiger partial charge in [0.05, 0.1) is 0 Å². The van der Waals surface area contributed by atoms with Crippen LogP contribution in [0.3, 0.4) is 0 Å². The molecular formula is C26H43NO2. The summed E-state index contributed by atoms with van der Waals surface area (Å²) in [5.41, 5.74) is 0.941. The molecule has 0 atom stereocenters. The Bertz CT molecular complexity index is 513. The fourth-order valence-corrected chi connectivity index (χ4v) is 3.41. The Hall–Kier alpha value is -1.64. The van der Waals surface area contributed by atoms with Gasteiger partial charge in [0, 0.05) is 24.4 Å². The molecular weight excluding hydrogens is 358 g/mol. The number of carbonyl (C=O) groups excluding carboxylic acids is 1. The second-order valence-electron chi connectivity index (χ2n) is 8.06. The molecule has 0 N–H and O–H groups in total. The van der Waals surface area contributed by atoms with E-state index >= 15 is 0 Å². The first-order valence-corrected chi connectivity index (χ1v) is 12.0. The Morgan fingerprint density at radius 1 is 0.862 bits per heavy atom. The second kappa shape index (κ2) is 19.7. The number of hydrogen-bond acceptors (Lipinski definition) is 3. The van der Waals surface area contributed by atoms with Crippen LogP contribution < -0.4 is 0 Å². The molecule has 0 amide bonds. The van der Waals surface area contributed by atoms with Crippen LogP contribution in [0.1, 0.15) is 115 Å². The highest BCUT2D eigenvalue weighted by Gasteiger charge is 2.03. The van der Waals surface area contributed by atoms with Crippen LogP contribution in [0.25, 0.3) is 0 Å². The summed E-state index contributed by atoms with van der Waals surface area (Å²) in [6, 6.07) is 3.78. The Morgan fingerprint density at radius 3 is 2.03 bits per heavy atom. The van der Waals surface area contributed by atoms with Crippen molar-refractivity contribution in [2.75, 3.05) is 0 Å². The third-order valence-corrected chi connectivity index (χ3v) is 5.27. The van der Waals surface area contributed by atoms with Crippen LogP contribution in [0.5, 0.6) is 0 Å². The lowest BCUT2D eigenvalue weighted by molar-refractivity contribution is -0.145. The van der Waals surface area contributed by atoms with Crippen molar-refractivity contribution in [1.29, 1.82) is 0 Å². The van der Waals surface area contributed by atoms with Gasteiger partial charge in [-0.2, -0.15) is 0 Å². The summed E-state index contributed by atoms with van der Waals surface area (Å²) < 4.78 is 5.27. The molecule has 0 fully saturated rings. The number of nitrogens with zero attached hydrogens (tertiary/aromatic N) is 1. The average Bonchev–Trinajstić information content (AvgIpc) is 2.75. The van der Waals surface area contributed by atoms with Gasteiger partial charge in [0.15, 0.2) is 0 Å². The standard InChI is InChI=1S/C26H43NO2/c1-2-3-4-5-6-7-8-9-10-11-12-13-14-15-16-17-18-21-26(28)29-24-25-20-19-22-27-23-25/h11-12,19-20,22-23H,2-10,13-18,21,24H2,1H3/b12-11-. The molecule has 1 rings (SSSR count). The Balaban J connectivity index is 1.79. The third kappa shape index (κ3) is 17.0. The van der Waals surface area contributed by atoms with Crippen molar-refractivity contribution in [3.05, 3.63) is 42.2 Å². The van der Waals surface area contributed by atoms with E-state index in [2.05, 4.69) is 24.1 Å². The molecule has 0 aliphatic heterocycles. The molecule has 0 saturated heterocycles. The van der Waals surface area contributed by atoms with E-state index in [0.717, 1.165) is 18.4 Å². The zero-order valence-corrected chi connectivity index (χ0v) is 18.7. The number of pyridine rings is 1. The van der Waals surface area contributed by atoms with Crippen LogP contribution in [0.2, 0.25) is 0 Å². The molecule has 0 bridgehead atoms. The second-order valence-corrected chi connectivity index (χ2v) is 8.06. The van der Waals surface area contributed by atoms with Crippen molar-refractivity contribution >= 4 is 5.97 Å². The number of carbonyl (C=O) groups is 1. The number of allylic oxidation sites excluding steroid dienone is 2. The van der Waals surface area contributed by atoms with E-state index in [4.69, 9.17) is 4.74 Å². The van der Waals surface area contributed by atoms with E-state index in [0.29, 0.717) is 13.0 Å². The lowest BCUT2D eigenvalue weighted by Crippen LogP contribution is -2.04. The maximum Gasteiger partial charge on any atom is 0.306 e. The highest BCUT2D eigenvalue weighted by atomic mass is 16.5. The van der Waals surface area contributed by atoms with E-state index in [1.807, 2.05) is 12.1 Å². The number of ether oxygens (including phenoxy) is 1. The van der Waals surface area contributed by atoms with E-state index in [1.165, 1.54) is 83.5 Å². The minimum Gasteiger partial charge on any atom is -0.461 e. The summed E-state index contributed by atoms with van der Waals surface area (Å²) in [5.74, 6) is -0.0993. The number of rotatable bonds is 19. The molecule has 1 aromatic rings. The van der Waals surface area contributed by atoms with Gasteiger partial charge in [-0.25, -0.2) is 0 Å². The maximum atomic E-state index is 11.7. The lowest BCUT2D eigenvalue weighted by Gasteiger charge is -2.04. The molecule has 1 heterocycles. The minimum absolute atomic E-state index is 0.0993. The third-order valence-electron chi connectivity index (χ3n) is 5.27. The molecule has 0 spiro atoms. The molecule has 29 heavy (non-hydrogen) atoms. The highest BCUT2D eigenvalue weighted by molar-refractivity contribution is 5.69. The average molecular weight is 402 g/mol. The predicted molar refractivity (Wildman–Crippen MR) is 123 cm³/mol. The molecule has 0 aliphatic rings. The lowest BCUT2D eigenvalue weighted by atomic mass is 10.1. The van der Waals surface area contributed by atoms with Gasteiger partial charge in [-0.05, 0) is 38.2 Å². The molecule has 164 valence electrons. The predicted octanol–water partition coefficient (Wildman–Crippen LogP) is 7.94. The molecule has 0 unspecified atom stereocenters. The van der Waals surface area contributed by atoms with Gasteiger partial charge in [0.2, 0.25) is 0 Å². The largest absolute Gasteiger partial charge is 0.461 e. The highest BCUT2D eigenvalue weighted by Crippen LogP contribution is 2.11. The number of esters is 1. The zero-order valence-electron chi connectivity index (χ0n) is 18.7. The summed E-state index contributed by atoms with van der Waals surface area (Å²) in [5, 5.41) is 0. The summed E-state index contributed by atoms with van der Waals surface area (Å²) in [6.07, 6.45) is 28.1. The Morgan fingerprint density at radius 2 is 1.45 bits per heavy atom. The van der Waals surface area contributed by atoms with Gasteiger partial charge in [0.1, 0.15) is 6.61 Å². The Labute approximate surface area is 179 Å². The summed E-state index contributed by atoms with van der Waals surface area (Å²) in [6.45, 7) is 2.61. The number of hydrogen-bond donors (Lipinski definition) is 0. The van der Waals surface area contributed by atoms with E-state index in [9.17, 15) is 4.79 Å². The first-order valence-electron chi connectivity index (χ1n) is 12.0. The van der Waals surface area contributed by atoms with E-state index in [-0.39, 0.29) is 5.97 Å². The van der Waals surface area contributed by atoms with Crippen LogP contribution in [-0.4, -0.2) is 11.0 Å². The summed E-state index contributed by atoms with van der Waals surface area (Å²) >= 11 is 0. The fraction of sp³-hybridized carbons (Fsp3) is 0.692. The number of aromatic nitrogens is 1. The smallest absolute Gasteiger partial charge is 0.306 e. The van der Waals surface area contributed by atoms with Crippen LogP contribution in [0.4, 0.5) is 0 Å². The van der Waals surface area contributed by atoms with Crippen molar-refractivity contribution in [2.24, 2.45) is 0 Å². The van der Waals surface area contributed by atoms with Crippen molar-refractivity contribution in [3.8, 4) is 0 Å². The molecule has 0 saturated carbocycles. The minimum atomic E-state index is -0.0993. The van der Waals surface area contributed by atoms with Crippen LogP contribution in [0, 0.1) is 0 Å². The van der Waals surface area contributed by atoms with Crippen molar-refractivity contribution in [3.63, 3.8) is 0 Å². The van der Waals surface area contributed by atoms with Crippen LogP contribution in [-0.2, 0) is 16.1 Å². The van der Waals surface area contributed by atoms with Gasteiger partial charge >= 0.3 is 5.97 Å². The van der Waals surface area contributed by atoms with Crippen molar-refractivity contribution < 1.29 is 9.53 Å². The topological polar surface area (TPSA) is 39.2 Å². The molecule has 3 heteroatoms. The SMILES string of the molecule is CCCCCCCCCC/C=C\CCCCCCCC(=O)OCc1cccnc1. The molecule has 0 radical (unpaired) electrons. The van der Waals surface area contributed by atoms with Crippen molar-refractivity contribution in [1.82, 2.24) is 4.98 Å². The molecule has 1 aromatic heterocycles. The van der Waals surface area contributed by atoms with Gasteiger partial charge in [-0.15, -0.1) is 0 Å². The van der Waals surface area contributed by atoms with E-state index in [1.54, 1.807) is 12.4 Å². The molecule has 0 aromatic carbocycles. The fourth-order valence-electron chi connectivity index (χ4n) is 3.41. The number of unbranched alkanes of at least 4 members (excludes halogenated alkanes) is 13. The van der Waals surface area contributed by atoms with Crippen LogP contribution in [0.15, 0.2) is 36.7 Å². The van der Waals surface area contributed by atoms with Gasteiger partial charge in [-0.3, -0.25) is 9.78 Å². The first kappa shape index (κ1) is 25.4.